The number of aromatic nitrogens is 2. The average molecular weight is 270 g/mol. The number of rotatable bonds is 4. The molecule has 0 aliphatic heterocycles. The molecule has 3 nitrogen and oxygen atoms in total. The molecule has 2 aromatic heterocycles. The molecule has 0 aromatic carbocycles. The highest BCUT2D eigenvalue weighted by Gasteiger charge is 2.11. The number of halogens is 1. The lowest BCUT2D eigenvalue weighted by Crippen LogP contribution is -2.03. The van der Waals surface area contributed by atoms with Crippen LogP contribution in [-0.4, -0.2) is 16.5 Å². The highest BCUT2D eigenvalue weighted by Crippen LogP contribution is 2.33. The van der Waals surface area contributed by atoms with Gasteiger partial charge in [0.2, 0.25) is 5.95 Å². The van der Waals surface area contributed by atoms with Gasteiger partial charge in [-0.2, -0.15) is 0 Å². The molecule has 17 heavy (non-hydrogen) atoms. The highest BCUT2D eigenvalue weighted by molar-refractivity contribution is 7.18. The van der Waals surface area contributed by atoms with Gasteiger partial charge in [0.25, 0.3) is 0 Å². The van der Waals surface area contributed by atoms with Crippen molar-refractivity contribution in [3.05, 3.63) is 16.1 Å². The molecule has 0 bridgehead atoms. The lowest BCUT2D eigenvalue weighted by atomic mass is 10.2. The molecule has 0 aliphatic carbocycles. The zero-order valence-corrected chi connectivity index (χ0v) is 11.8. The van der Waals surface area contributed by atoms with Gasteiger partial charge in [-0.25, -0.2) is 9.97 Å². The second-order valence-corrected chi connectivity index (χ2v) is 5.71. The Labute approximate surface area is 110 Å². The molecule has 0 unspecified atom stereocenters. The van der Waals surface area contributed by atoms with Crippen LogP contribution >= 0.6 is 22.9 Å². The third kappa shape index (κ3) is 2.69. The van der Waals surface area contributed by atoms with Gasteiger partial charge in [0.05, 0.1) is 0 Å². The number of nitrogens with zero attached hydrogens (tertiary/aromatic N) is 2. The summed E-state index contributed by atoms with van der Waals surface area (Å²) in [6, 6.07) is 2.09. The molecule has 5 heteroatoms. The Balaban J connectivity index is 2.42. The number of fused-ring (bicyclic) bond motifs is 1. The minimum atomic E-state index is 0.498. The molecule has 2 heterocycles. The summed E-state index contributed by atoms with van der Waals surface area (Å²) in [4.78, 5) is 11.0. The van der Waals surface area contributed by atoms with E-state index in [0.29, 0.717) is 17.0 Å². The number of nitrogens with one attached hydrogen (secondary N) is 1. The maximum atomic E-state index is 6.17. The van der Waals surface area contributed by atoms with E-state index >= 15 is 0 Å². The normalized spacial score (nSPS) is 11.4. The van der Waals surface area contributed by atoms with Crippen LogP contribution in [0.4, 0.5) is 5.95 Å². The molecule has 0 fully saturated rings. The third-order valence-corrected chi connectivity index (χ3v) is 4.09. The second kappa shape index (κ2) is 5.19. The molecule has 0 atom stereocenters. The Bertz CT molecular complexity index is 522. The van der Waals surface area contributed by atoms with E-state index in [-0.39, 0.29) is 0 Å². The Hall–Kier alpha value is -0.870. The van der Waals surface area contributed by atoms with Gasteiger partial charge in [-0.05, 0) is 18.4 Å². The van der Waals surface area contributed by atoms with E-state index in [2.05, 4.69) is 42.1 Å². The minimum absolute atomic E-state index is 0.498. The summed E-state index contributed by atoms with van der Waals surface area (Å²) in [6.45, 7) is 7.31. The molecule has 2 aromatic rings. The number of hydrogen-bond acceptors (Lipinski definition) is 4. The summed E-state index contributed by atoms with van der Waals surface area (Å²) in [6.07, 6.45) is 1.04. The Morgan fingerprint density at radius 1 is 1.41 bits per heavy atom. The number of thiophene rings is 1. The van der Waals surface area contributed by atoms with Crippen molar-refractivity contribution in [1.29, 1.82) is 0 Å². The van der Waals surface area contributed by atoms with Crippen LogP contribution in [0.3, 0.4) is 0 Å². The lowest BCUT2D eigenvalue weighted by molar-refractivity contribution is 0.890. The Morgan fingerprint density at radius 3 is 2.82 bits per heavy atom. The summed E-state index contributed by atoms with van der Waals surface area (Å²) >= 11 is 7.87. The van der Waals surface area contributed by atoms with E-state index < -0.39 is 0 Å². The van der Waals surface area contributed by atoms with Crippen molar-refractivity contribution in [3.8, 4) is 0 Å². The topological polar surface area (TPSA) is 37.8 Å². The van der Waals surface area contributed by atoms with Crippen molar-refractivity contribution < 1.29 is 0 Å². The van der Waals surface area contributed by atoms with Gasteiger partial charge < -0.3 is 5.32 Å². The van der Waals surface area contributed by atoms with Crippen LogP contribution in [0.15, 0.2) is 6.07 Å². The summed E-state index contributed by atoms with van der Waals surface area (Å²) < 4.78 is 0. The maximum Gasteiger partial charge on any atom is 0.225 e. The summed E-state index contributed by atoms with van der Waals surface area (Å²) in [5, 5.41) is 4.67. The monoisotopic (exact) mass is 269 g/mol. The van der Waals surface area contributed by atoms with Crippen LogP contribution in [-0.2, 0) is 0 Å². The molecule has 0 spiro atoms. The van der Waals surface area contributed by atoms with Crippen molar-refractivity contribution in [2.75, 3.05) is 11.9 Å². The van der Waals surface area contributed by atoms with Gasteiger partial charge >= 0.3 is 0 Å². The molecule has 0 radical (unpaired) electrons. The molecular formula is C12H16ClN3S. The fourth-order valence-corrected chi connectivity index (χ4v) is 2.82. The number of anilines is 1. The van der Waals surface area contributed by atoms with Crippen molar-refractivity contribution in [2.24, 2.45) is 0 Å². The van der Waals surface area contributed by atoms with Gasteiger partial charge in [-0.1, -0.05) is 32.4 Å². The number of hydrogen-bond donors (Lipinski definition) is 1. The van der Waals surface area contributed by atoms with E-state index in [1.165, 1.54) is 4.88 Å². The smallest absolute Gasteiger partial charge is 0.225 e. The predicted molar refractivity (Wildman–Crippen MR) is 75.3 cm³/mol. The Kier molecular flexibility index (Phi) is 3.84. The van der Waals surface area contributed by atoms with Crippen molar-refractivity contribution >= 4 is 39.1 Å². The minimum Gasteiger partial charge on any atom is -0.354 e. The van der Waals surface area contributed by atoms with Gasteiger partial charge in [0.1, 0.15) is 9.98 Å². The highest BCUT2D eigenvalue weighted by atomic mass is 35.5. The Morgan fingerprint density at radius 2 is 2.18 bits per heavy atom. The summed E-state index contributed by atoms with van der Waals surface area (Å²) in [5.41, 5.74) is 0. The standard InChI is InChI=1S/C12H16ClN3S/c1-4-5-14-12-15-10(13)8-6-9(7(2)3)17-11(8)16-12/h6-7H,4-5H2,1-3H3,(H,14,15,16). The largest absolute Gasteiger partial charge is 0.354 e. The zero-order valence-electron chi connectivity index (χ0n) is 10.2. The van der Waals surface area contributed by atoms with Gasteiger partial charge in [0, 0.05) is 16.8 Å². The quantitative estimate of drug-likeness (QED) is 0.842. The second-order valence-electron chi connectivity index (χ2n) is 4.29. The molecular weight excluding hydrogens is 254 g/mol. The van der Waals surface area contributed by atoms with Crippen LogP contribution in [0.2, 0.25) is 5.15 Å². The van der Waals surface area contributed by atoms with Gasteiger partial charge in [-0.3, -0.25) is 0 Å². The first-order valence-corrected chi connectivity index (χ1v) is 7.02. The van der Waals surface area contributed by atoms with E-state index in [1.54, 1.807) is 11.3 Å². The van der Waals surface area contributed by atoms with Crippen LogP contribution in [0.5, 0.6) is 0 Å². The molecule has 2 rings (SSSR count). The van der Waals surface area contributed by atoms with Crippen LogP contribution in [0, 0.1) is 0 Å². The summed E-state index contributed by atoms with van der Waals surface area (Å²) in [5.74, 6) is 1.12. The van der Waals surface area contributed by atoms with Crippen molar-refractivity contribution in [2.45, 2.75) is 33.1 Å². The maximum absolute atomic E-state index is 6.17. The molecule has 0 aliphatic rings. The van der Waals surface area contributed by atoms with Crippen LogP contribution in [0.25, 0.3) is 10.2 Å². The first-order chi connectivity index (χ1) is 8.11. The first-order valence-electron chi connectivity index (χ1n) is 5.82. The fourth-order valence-electron chi connectivity index (χ4n) is 1.51. The van der Waals surface area contributed by atoms with Crippen LogP contribution in [0.1, 0.15) is 38.0 Å². The van der Waals surface area contributed by atoms with Gasteiger partial charge in [-0.15, -0.1) is 11.3 Å². The van der Waals surface area contributed by atoms with E-state index in [0.717, 1.165) is 23.2 Å². The van der Waals surface area contributed by atoms with Crippen LogP contribution < -0.4 is 5.32 Å². The van der Waals surface area contributed by atoms with Crippen molar-refractivity contribution in [3.63, 3.8) is 0 Å². The predicted octanol–water partition coefficient (Wildman–Crippen LogP) is 4.29. The lowest BCUT2D eigenvalue weighted by Gasteiger charge is -2.02. The van der Waals surface area contributed by atoms with Crippen molar-refractivity contribution in [1.82, 2.24) is 9.97 Å². The molecule has 1 N–H and O–H groups in total. The zero-order chi connectivity index (χ0) is 12.4. The van der Waals surface area contributed by atoms with Gasteiger partial charge in [0.15, 0.2) is 0 Å². The fraction of sp³-hybridized carbons (Fsp3) is 0.500. The SMILES string of the molecule is CCCNc1nc(Cl)c2cc(C(C)C)sc2n1. The molecule has 0 saturated heterocycles. The molecule has 92 valence electrons. The summed E-state index contributed by atoms with van der Waals surface area (Å²) in [7, 11) is 0. The first kappa shape index (κ1) is 12.6. The third-order valence-electron chi connectivity index (χ3n) is 2.47. The van der Waals surface area contributed by atoms with E-state index in [4.69, 9.17) is 11.6 Å². The van der Waals surface area contributed by atoms with E-state index in [9.17, 15) is 0 Å². The average Bonchev–Trinajstić information content (AvgIpc) is 2.71. The van der Waals surface area contributed by atoms with E-state index in [1.807, 2.05) is 0 Å². The molecule has 0 saturated carbocycles. The molecule has 0 amide bonds.